The van der Waals surface area contributed by atoms with Gasteiger partial charge in [-0.25, -0.2) is 0 Å². The molecule has 25 heavy (non-hydrogen) atoms. The van der Waals surface area contributed by atoms with Gasteiger partial charge in [0.2, 0.25) is 5.91 Å². The summed E-state index contributed by atoms with van der Waals surface area (Å²) in [7, 11) is 0. The first-order valence-corrected chi connectivity index (χ1v) is 9.37. The third-order valence-corrected chi connectivity index (χ3v) is 4.45. The molecule has 2 atom stereocenters. The van der Waals surface area contributed by atoms with Crippen LogP contribution in [0.3, 0.4) is 0 Å². The maximum absolute atomic E-state index is 11.8. The fraction of sp³-hybridized carbons (Fsp3) is 0.650. The van der Waals surface area contributed by atoms with Crippen molar-refractivity contribution in [2.75, 3.05) is 26.2 Å². The summed E-state index contributed by atoms with van der Waals surface area (Å²) >= 11 is 0. The maximum atomic E-state index is 11.8. The van der Waals surface area contributed by atoms with Crippen molar-refractivity contribution in [2.24, 2.45) is 0 Å². The van der Waals surface area contributed by atoms with Gasteiger partial charge in [-0.15, -0.1) is 0 Å². The molecule has 1 aromatic carbocycles. The third kappa shape index (κ3) is 7.04. The fourth-order valence-electron chi connectivity index (χ4n) is 3.43. The molecular formula is C20H32N2O3. The van der Waals surface area contributed by atoms with Gasteiger partial charge in [0.15, 0.2) is 0 Å². The van der Waals surface area contributed by atoms with Crippen LogP contribution in [0.4, 0.5) is 0 Å². The minimum absolute atomic E-state index is 0.132. The second-order valence-corrected chi connectivity index (χ2v) is 7.20. The number of aliphatic hydroxyl groups excluding tert-OH is 1. The second kappa shape index (κ2) is 9.78. The van der Waals surface area contributed by atoms with Crippen LogP contribution in [0.5, 0.6) is 5.75 Å². The Balaban J connectivity index is 1.75. The third-order valence-electron chi connectivity index (χ3n) is 4.45. The Bertz CT molecular complexity index is 542. The molecule has 0 radical (unpaired) electrons. The number of carbonyl (C=O) groups is 1. The van der Waals surface area contributed by atoms with Gasteiger partial charge in [-0.05, 0) is 62.9 Å². The molecule has 1 amide bonds. The fourth-order valence-corrected chi connectivity index (χ4v) is 3.43. The number of likely N-dealkylation sites (tertiary alicyclic amines) is 1. The average Bonchev–Trinajstić information content (AvgIpc) is 2.52. The van der Waals surface area contributed by atoms with Crippen LogP contribution in [-0.4, -0.2) is 54.3 Å². The zero-order chi connectivity index (χ0) is 18.2. The molecule has 1 aliphatic heterocycles. The lowest BCUT2D eigenvalue weighted by Crippen LogP contribution is -2.50. The number of aryl methyl sites for hydroxylation is 2. The topological polar surface area (TPSA) is 61.8 Å². The Morgan fingerprint density at radius 1 is 1.36 bits per heavy atom. The van der Waals surface area contributed by atoms with Gasteiger partial charge in [-0.3, -0.25) is 9.69 Å². The van der Waals surface area contributed by atoms with Gasteiger partial charge in [0.25, 0.3) is 0 Å². The predicted molar refractivity (Wildman–Crippen MR) is 99.9 cm³/mol. The quantitative estimate of drug-likeness (QED) is 0.757. The molecule has 0 aliphatic carbocycles. The Morgan fingerprint density at radius 3 is 2.76 bits per heavy atom. The predicted octanol–water partition coefficient (Wildman–Crippen LogP) is 2.42. The van der Waals surface area contributed by atoms with E-state index in [1.54, 1.807) is 0 Å². The van der Waals surface area contributed by atoms with Crippen LogP contribution in [0.1, 0.15) is 43.7 Å². The normalized spacial score (nSPS) is 19.4. The molecule has 0 aromatic heterocycles. The van der Waals surface area contributed by atoms with Crippen LogP contribution in [0, 0.1) is 13.8 Å². The van der Waals surface area contributed by atoms with Crippen LogP contribution < -0.4 is 10.1 Å². The van der Waals surface area contributed by atoms with Crippen molar-refractivity contribution in [1.82, 2.24) is 10.2 Å². The lowest BCUT2D eigenvalue weighted by atomic mass is 10.0. The molecule has 1 fully saturated rings. The molecule has 140 valence electrons. The Kier molecular flexibility index (Phi) is 7.72. The van der Waals surface area contributed by atoms with Gasteiger partial charge in [0.1, 0.15) is 18.5 Å². The molecule has 5 heteroatoms. The lowest BCUT2D eigenvalue weighted by Gasteiger charge is -2.34. The van der Waals surface area contributed by atoms with E-state index in [9.17, 15) is 9.90 Å². The highest BCUT2D eigenvalue weighted by Gasteiger charge is 2.23. The molecule has 2 rings (SSSR count). The van der Waals surface area contributed by atoms with E-state index in [4.69, 9.17) is 4.74 Å². The minimum atomic E-state index is -0.536. The van der Waals surface area contributed by atoms with Gasteiger partial charge in [-0.1, -0.05) is 13.0 Å². The van der Waals surface area contributed by atoms with Crippen molar-refractivity contribution in [2.45, 2.75) is 58.6 Å². The number of nitrogens with zero attached hydrogens (tertiary/aromatic N) is 1. The van der Waals surface area contributed by atoms with Gasteiger partial charge >= 0.3 is 0 Å². The minimum Gasteiger partial charge on any atom is -0.491 e. The summed E-state index contributed by atoms with van der Waals surface area (Å²) in [5, 5.41) is 13.4. The van der Waals surface area contributed by atoms with E-state index < -0.39 is 6.10 Å². The standard InChI is InChI=1S/C20H32N2O3/c1-4-6-20(24)21-17-7-5-8-22(12-17)13-18(23)14-25-19-10-15(2)9-16(3)11-19/h9-11,17-18,23H,4-8,12-14H2,1-3H3,(H,21,24). The molecule has 5 nitrogen and oxygen atoms in total. The summed E-state index contributed by atoms with van der Waals surface area (Å²) in [6.07, 6.45) is 2.98. The highest BCUT2D eigenvalue weighted by atomic mass is 16.5. The van der Waals surface area contributed by atoms with Crippen molar-refractivity contribution in [3.05, 3.63) is 29.3 Å². The van der Waals surface area contributed by atoms with Gasteiger partial charge in [0.05, 0.1) is 0 Å². The molecule has 0 spiro atoms. The largest absolute Gasteiger partial charge is 0.491 e. The van der Waals surface area contributed by atoms with Crippen molar-refractivity contribution < 1.29 is 14.6 Å². The van der Waals surface area contributed by atoms with E-state index in [2.05, 4.69) is 16.3 Å². The zero-order valence-corrected chi connectivity index (χ0v) is 15.8. The SMILES string of the molecule is CCCC(=O)NC1CCCN(CC(O)COc2cc(C)cc(C)c2)C1. The van der Waals surface area contributed by atoms with Crippen LogP contribution in [-0.2, 0) is 4.79 Å². The van der Waals surface area contributed by atoms with Crippen molar-refractivity contribution in [1.29, 1.82) is 0 Å². The molecule has 0 bridgehead atoms. The molecule has 1 aromatic rings. The number of hydrogen-bond donors (Lipinski definition) is 2. The summed E-state index contributed by atoms with van der Waals surface area (Å²) in [4.78, 5) is 14.0. The summed E-state index contributed by atoms with van der Waals surface area (Å²) in [5.41, 5.74) is 2.32. The molecule has 2 N–H and O–H groups in total. The molecule has 1 saturated heterocycles. The summed E-state index contributed by atoms with van der Waals surface area (Å²) < 4.78 is 5.75. The lowest BCUT2D eigenvalue weighted by molar-refractivity contribution is -0.122. The van der Waals surface area contributed by atoms with Crippen LogP contribution in [0.2, 0.25) is 0 Å². The van der Waals surface area contributed by atoms with Crippen LogP contribution >= 0.6 is 0 Å². The first kappa shape index (κ1) is 19.7. The number of carbonyl (C=O) groups excluding carboxylic acids is 1. The number of rotatable bonds is 8. The summed E-state index contributed by atoms with van der Waals surface area (Å²) in [6, 6.07) is 6.27. The number of aliphatic hydroxyl groups is 1. The van der Waals surface area contributed by atoms with Gasteiger partial charge in [0, 0.05) is 25.6 Å². The van der Waals surface area contributed by atoms with E-state index in [0.717, 1.165) is 49.2 Å². The number of β-amino-alcohol motifs (C(OH)–C–C–N with tert-alkyl or cyclic N) is 1. The highest BCUT2D eigenvalue weighted by molar-refractivity contribution is 5.76. The van der Waals surface area contributed by atoms with Gasteiger partial charge in [-0.2, -0.15) is 0 Å². The van der Waals surface area contributed by atoms with Crippen LogP contribution in [0.15, 0.2) is 18.2 Å². The van der Waals surface area contributed by atoms with E-state index in [1.165, 1.54) is 0 Å². The first-order chi connectivity index (χ1) is 12.0. The second-order valence-electron chi connectivity index (χ2n) is 7.20. The Labute approximate surface area is 151 Å². The number of piperidine rings is 1. The highest BCUT2D eigenvalue weighted by Crippen LogP contribution is 2.17. The molecule has 2 unspecified atom stereocenters. The monoisotopic (exact) mass is 348 g/mol. The summed E-state index contributed by atoms with van der Waals surface area (Å²) in [5.74, 6) is 0.938. The van der Waals surface area contributed by atoms with E-state index >= 15 is 0 Å². The zero-order valence-electron chi connectivity index (χ0n) is 15.8. The van der Waals surface area contributed by atoms with Gasteiger partial charge < -0.3 is 15.2 Å². The molecular weight excluding hydrogens is 316 g/mol. The number of hydrogen-bond acceptors (Lipinski definition) is 4. The van der Waals surface area contributed by atoms with Crippen molar-refractivity contribution >= 4 is 5.91 Å². The van der Waals surface area contributed by atoms with E-state index in [0.29, 0.717) is 13.0 Å². The summed E-state index contributed by atoms with van der Waals surface area (Å²) in [6.45, 7) is 8.71. The van der Waals surface area contributed by atoms with E-state index in [-0.39, 0.29) is 18.6 Å². The smallest absolute Gasteiger partial charge is 0.220 e. The van der Waals surface area contributed by atoms with Crippen molar-refractivity contribution in [3.8, 4) is 5.75 Å². The first-order valence-electron chi connectivity index (χ1n) is 9.37. The molecule has 1 heterocycles. The number of ether oxygens (including phenoxy) is 1. The van der Waals surface area contributed by atoms with Crippen LogP contribution in [0.25, 0.3) is 0 Å². The Morgan fingerprint density at radius 2 is 2.08 bits per heavy atom. The molecule has 0 saturated carbocycles. The number of amides is 1. The number of benzene rings is 1. The Hall–Kier alpha value is -1.59. The average molecular weight is 348 g/mol. The molecule has 1 aliphatic rings. The van der Waals surface area contributed by atoms with Crippen molar-refractivity contribution in [3.63, 3.8) is 0 Å². The van der Waals surface area contributed by atoms with E-state index in [1.807, 2.05) is 32.9 Å². The maximum Gasteiger partial charge on any atom is 0.220 e. The number of nitrogens with one attached hydrogen (secondary N) is 1.